The highest BCUT2D eigenvalue weighted by Crippen LogP contribution is 2.51. The minimum Gasteiger partial charge on any atom is -0.135 e. The minimum atomic E-state index is 1.07. The molecule has 0 amide bonds. The zero-order valence-corrected chi connectivity index (χ0v) is 26.9. The van der Waals surface area contributed by atoms with Gasteiger partial charge in [0.15, 0.2) is 0 Å². The van der Waals surface area contributed by atoms with Crippen molar-refractivity contribution in [1.29, 1.82) is 0 Å². The van der Waals surface area contributed by atoms with Gasteiger partial charge < -0.3 is 0 Å². The van der Waals surface area contributed by atoms with Crippen LogP contribution in [0.2, 0.25) is 0 Å². The molecule has 0 unspecified atom stereocenters. The lowest BCUT2D eigenvalue weighted by Gasteiger charge is -2.07. The van der Waals surface area contributed by atoms with Crippen molar-refractivity contribution in [1.82, 2.24) is 0 Å². The van der Waals surface area contributed by atoms with Crippen molar-refractivity contribution in [3.05, 3.63) is 106 Å². The van der Waals surface area contributed by atoms with E-state index in [1.54, 1.807) is 0 Å². The van der Waals surface area contributed by atoms with Gasteiger partial charge in [-0.1, -0.05) is 101 Å². The summed E-state index contributed by atoms with van der Waals surface area (Å²) in [5.41, 5.74) is 14.7. The molecular formula is C40H42S2. The van der Waals surface area contributed by atoms with Gasteiger partial charge in [-0.05, 0) is 118 Å². The molecule has 0 nitrogen and oxygen atoms in total. The van der Waals surface area contributed by atoms with Gasteiger partial charge in [0.2, 0.25) is 0 Å². The fourth-order valence-electron chi connectivity index (χ4n) is 6.86. The number of benzene rings is 3. The van der Waals surface area contributed by atoms with Crippen molar-refractivity contribution in [2.24, 2.45) is 0 Å². The summed E-state index contributed by atoms with van der Waals surface area (Å²) in [7, 11) is 0. The molecule has 0 N–H and O–H groups in total. The van der Waals surface area contributed by atoms with Gasteiger partial charge in [-0.3, -0.25) is 0 Å². The first-order chi connectivity index (χ1) is 20.7. The van der Waals surface area contributed by atoms with Gasteiger partial charge in [0.05, 0.1) is 0 Å². The Kier molecular flexibility index (Phi) is 8.19. The molecule has 0 radical (unpaired) electrons. The molecule has 3 aromatic carbocycles. The van der Waals surface area contributed by atoms with Gasteiger partial charge in [0.25, 0.3) is 0 Å². The van der Waals surface area contributed by atoms with E-state index in [0.29, 0.717) is 0 Å². The standard InChI is InChI=1S/C40H42S2/c1-3-5-7-9-11-27-13-17-29(18-14-27)37-25-33-21-31-24-36-32(23-35(31)39(33)41-37)22-34-26-38(42-40(34)36)30-19-15-28(16-20-30)12-10-8-6-4-2/h13-20,23-26H,3-12,21-22H2,1-2H3. The second kappa shape index (κ2) is 12.3. The van der Waals surface area contributed by atoms with Crippen LogP contribution in [0.15, 0.2) is 72.8 Å². The molecule has 2 aliphatic rings. The van der Waals surface area contributed by atoms with Crippen LogP contribution in [0.25, 0.3) is 41.8 Å². The molecule has 2 heterocycles. The third kappa shape index (κ3) is 5.56. The Hall–Kier alpha value is -2.94. The van der Waals surface area contributed by atoms with Crippen molar-refractivity contribution < 1.29 is 0 Å². The van der Waals surface area contributed by atoms with Gasteiger partial charge in [0.1, 0.15) is 0 Å². The number of unbranched alkanes of at least 4 members (excludes halogenated alkanes) is 6. The monoisotopic (exact) mass is 586 g/mol. The van der Waals surface area contributed by atoms with Crippen molar-refractivity contribution in [2.45, 2.75) is 90.9 Å². The third-order valence-electron chi connectivity index (χ3n) is 9.31. The number of fused-ring (bicyclic) bond motifs is 6. The predicted molar refractivity (Wildman–Crippen MR) is 185 cm³/mol. The van der Waals surface area contributed by atoms with Gasteiger partial charge >= 0.3 is 0 Å². The van der Waals surface area contributed by atoms with E-state index in [0.717, 1.165) is 12.8 Å². The zero-order valence-electron chi connectivity index (χ0n) is 25.2. The zero-order chi connectivity index (χ0) is 28.5. The Morgan fingerprint density at radius 2 is 0.905 bits per heavy atom. The summed E-state index contributed by atoms with van der Waals surface area (Å²) in [5, 5.41) is 0. The molecule has 0 saturated heterocycles. The third-order valence-corrected chi connectivity index (χ3v) is 11.8. The lowest BCUT2D eigenvalue weighted by molar-refractivity contribution is 0.667. The van der Waals surface area contributed by atoms with Crippen LogP contribution in [0, 0.1) is 0 Å². The molecule has 0 saturated carbocycles. The van der Waals surface area contributed by atoms with Crippen LogP contribution in [0.1, 0.15) is 98.6 Å². The van der Waals surface area contributed by atoms with E-state index in [1.807, 2.05) is 22.7 Å². The summed E-state index contributed by atoms with van der Waals surface area (Å²) in [5.74, 6) is 0. The smallest absolute Gasteiger partial charge is 0.0387 e. The topological polar surface area (TPSA) is 0 Å². The van der Waals surface area contributed by atoms with Crippen LogP contribution in [0.5, 0.6) is 0 Å². The summed E-state index contributed by atoms with van der Waals surface area (Å²) in [4.78, 5) is 5.83. The Morgan fingerprint density at radius 3 is 1.31 bits per heavy atom. The molecule has 5 aromatic rings. The number of hydrogen-bond acceptors (Lipinski definition) is 2. The molecule has 2 aliphatic carbocycles. The molecule has 0 aliphatic heterocycles. The maximum atomic E-state index is 2.52. The van der Waals surface area contributed by atoms with Crippen molar-refractivity contribution in [3.8, 4) is 41.8 Å². The highest BCUT2D eigenvalue weighted by molar-refractivity contribution is 7.19. The van der Waals surface area contributed by atoms with Crippen LogP contribution < -0.4 is 0 Å². The van der Waals surface area contributed by atoms with Gasteiger partial charge in [-0.15, -0.1) is 22.7 Å². The minimum absolute atomic E-state index is 1.07. The van der Waals surface area contributed by atoms with E-state index in [4.69, 9.17) is 0 Å². The van der Waals surface area contributed by atoms with Gasteiger partial charge in [-0.25, -0.2) is 0 Å². The Labute approximate surface area is 260 Å². The first-order valence-corrected chi connectivity index (χ1v) is 17.9. The van der Waals surface area contributed by atoms with E-state index in [2.05, 4.69) is 86.6 Å². The van der Waals surface area contributed by atoms with E-state index < -0.39 is 0 Å². The molecule has 0 atom stereocenters. The summed E-state index contributed by atoms with van der Waals surface area (Å²) in [6, 6.07) is 28.7. The summed E-state index contributed by atoms with van der Waals surface area (Å²) >= 11 is 3.98. The highest BCUT2D eigenvalue weighted by atomic mass is 32.1. The molecular weight excluding hydrogens is 545 g/mol. The molecule has 7 rings (SSSR count). The Morgan fingerprint density at radius 1 is 0.476 bits per heavy atom. The molecule has 0 fully saturated rings. The van der Waals surface area contributed by atoms with E-state index in [-0.39, 0.29) is 0 Å². The normalized spacial score (nSPS) is 12.8. The van der Waals surface area contributed by atoms with Crippen LogP contribution in [0.3, 0.4) is 0 Å². The first-order valence-electron chi connectivity index (χ1n) is 16.3. The van der Waals surface area contributed by atoms with Crippen molar-refractivity contribution in [3.63, 3.8) is 0 Å². The predicted octanol–water partition coefficient (Wildman–Crippen LogP) is 12.5. The highest BCUT2D eigenvalue weighted by Gasteiger charge is 2.28. The van der Waals surface area contributed by atoms with Gasteiger partial charge in [0, 0.05) is 19.5 Å². The fraction of sp³-hybridized carbons (Fsp3) is 0.350. The summed E-state index contributed by atoms with van der Waals surface area (Å²) < 4.78 is 0. The number of hydrogen-bond donors (Lipinski definition) is 0. The molecule has 214 valence electrons. The molecule has 2 aromatic heterocycles. The molecule has 0 spiro atoms. The van der Waals surface area contributed by atoms with E-state index in [1.165, 1.54) is 139 Å². The average Bonchev–Trinajstić information content (AvgIpc) is 3.77. The van der Waals surface area contributed by atoms with E-state index in [9.17, 15) is 0 Å². The number of thiophene rings is 2. The Bertz CT molecular complexity index is 1550. The molecule has 42 heavy (non-hydrogen) atoms. The summed E-state index contributed by atoms with van der Waals surface area (Å²) in [6.07, 6.45) is 15.2. The largest absolute Gasteiger partial charge is 0.135 e. The second-order valence-corrected chi connectivity index (χ2v) is 14.6. The molecule has 2 heteroatoms. The van der Waals surface area contributed by atoms with Crippen molar-refractivity contribution in [2.75, 3.05) is 0 Å². The van der Waals surface area contributed by atoms with Crippen LogP contribution >= 0.6 is 22.7 Å². The average molecular weight is 587 g/mol. The Balaban J connectivity index is 1.06. The number of aryl methyl sites for hydroxylation is 2. The molecule has 0 bridgehead atoms. The first kappa shape index (κ1) is 27.9. The quantitative estimate of drug-likeness (QED) is 0.125. The maximum Gasteiger partial charge on any atom is 0.0387 e. The SMILES string of the molecule is CCCCCCc1ccc(-c2cc3c(s2)-c2cc4c(cc2C3)-c2sc(-c3ccc(CCCCCC)cc3)cc2C4)cc1. The second-order valence-electron chi connectivity index (χ2n) is 12.5. The maximum absolute atomic E-state index is 2.52. The lowest BCUT2D eigenvalue weighted by atomic mass is 10.0. The van der Waals surface area contributed by atoms with Crippen LogP contribution in [0.4, 0.5) is 0 Å². The van der Waals surface area contributed by atoms with Crippen molar-refractivity contribution >= 4 is 22.7 Å². The van der Waals surface area contributed by atoms with E-state index >= 15 is 0 Å². The lowest BCUT2D eigenvalue weighted by Crippen LogP contribution is -1.87. The number of rotatable bonds is 12. The van der Waals surface area contributed by atoms with Gasteiger partial charge in [-0.2, -0.15) is 0 Å². The summed E-state index contributed by atoms with van der Waals surface area (Å²) in [6.45, 7) is 4.56. The fourth-order valence-corrected chi connectivity index (χ4v) is 9.33. The van der Waals surface area contributed by atoms with Crippen LogP contribution in [-0.4, -0.2) is 0 Å². The van der Waals surface area contributed by atoms with Crippen LogP contribution in [-0.2, 0) is 25.7 Å².